The third-order valence-corrected chi connectivity index (χ3v) is 2.64. The van der Waals surface area contributed by atoms with Gasteiger partial charge in [-0.25, -0.2) is 15.0 Å². The van der Waals surface area contributed by atoms with Gasteiger partial charge in [-0.05, 0) is 6.92 Å². The second kappa shape index (κ2) is 4.15. The smallest absolute Gasteiger partial charge is 0.115 e. The zero-order valence-electron chi connectivity index (χ0n) is 7.77. The predicted octanol–water partition coefficient (Wildman–Crippen LogP) is 1.85. The van der Waals surface area contributed by atoms with Gasteiger partial charge >= 0.3 is 0 Å². The second-order valence-electron chi connectivity index (χ2n) is 2.86. The predicted molar refractivity (Wildman–Crippen MR) is 56.2 cm³/mol. The first-order chi connectivity index (χ1) is 6.84. The first kappa shape index (κ1) is 9.08. The molecule has 0 radical (unpaired) electrons. The number of hydrogen-bond acceptors (Lipinski definition) is 5. The lowest BCUT2D eigenvalue weighted by Gasteiger charge is -2.01. The van der Waals surface area contributed by atoms with E-state index in [4.69, 9.17) is 0 Å². The van der Waals surface area contributed by atoms with Crippen LogP contribution >= 0.6 is 11.3 Å². The fourth-order valence-corrected chi connectivity index (χ4v) is 1.76. The molecule has 0 bridgehead atoms. The van der Waals surface area contributed by atoms with Crippen LogP contribution in [0.4, 0.5) is 5.69 Å². The lowest BCUT2D eigenvalue weighted by molar-refractivity contribution is 1.06. The Labute approximate surface area is 86.1 Å². The molecule has 2 rings (SSSR count). The van der Waals surface area contributed by atoms with Crippen molar-refractivity contribution in [2.24, 2.45) is 0 Å². The number of aryl methyl sites for hydroxylation is 1. The number of rotatable bonds is 3. The van der Waals surface area contributed by atoms with Gasteiger partial charge in [0.25, 0.3) is 0 Å². The Balaban J connectivity index is 1.95. The van der Waals surface area contributed by atoms with Crippen LogP contribution in [-0.4, -0.2) is 15.0 Å². The zero-order chi connectivity index (χ0) is 9.80. The topological polar surface area (TPSA) is 50.7 Å². The first-order valence-electron chi connectivity index (χ1n) is 4.24. The van der Waals surface area contributed by atoms with E-state index < -0.39 is 0 Å². The molecule has 1 N–H and O–H groups in total. The summed E-state index contributed by atoms with van der Waals surface area (Å²) in [4.78, 5) is 12.2. The molecule has 0 unspecified atom stereocenters. The minimum atomic E-state index is 0.728. The highest BCUT2D eigenvalue weighted by Crippen LogP contribution is 2.10. The fraction of sp³-hybridized carbons (Fsp3) is 0.222. The van der Waals surface area contributed by atoms with Gasteiger partial charge in [0, 0.05) is 11.1 Å². The van der Waals surface area contributed by atoms with E-state index in [0.29, 0.717) is 0 Å². The zero-order valence-corrected chi connectivity index (χ0v) is 8.58. The van der Waals surface area contributed by atoms with Crippen LogP contribution in [0.25, 0.3) is 0 Å². The van der Waals surface area contributed by atoms with Crippen LogP contribution in [0.3, 0.4) is 0 Å². The second-order valence-corrected chi connectivity index (χ2v) is 3.81. The van der Waals surface area contributed by atoms with E-state index in [2.05, 4.69) is 20.3 Å². The number of anilines is 1. The highest BCUT2D eigenvalue weighted by atomic mass is 32.1. The molecule has 0 amide bonds. The van der Waals surface area contributed by atoms with Gasteiger partial charge in [-0.1, -0.05) is 0 Å². The molecular formula is C9H10N4S. The van der Waals surface area contributed by atoms with Gasteiger partial charge in [0.1, 0.15) is 11.3 Å². The van der Waals surface area contributed by atoms with Gasteiger partial charge in [0.2, 0.25) is 0 Å². The standard InChI is InChI=1S/C9H10N4S/c1-7-5-14-9(13-7)4-12-8-2-10-6-11-3-8/h2-3,5-6,12H,4H2,1H3. The molecule has 14 heavy (non-hydrogen) atoms. The van der Waals surface area contributed by atoms with Gasteiger partial charge in [0.05, 0.1) is 24.6 Å². The Morgan fingerprint density at radius 1 is 1.36 bits per heavy atom. The molecular weight excluding hydrogens is 196 g/mol. The Bertz CT molecular complexity index is 398. The highest BCUT2D eigenvalue weighted by Gasteiger charge is 1.98. The quantitative estimate of drug-likeness (QED) is 0.832. The van der Waals surface area contributed by atoms with Crippen LogP contribution in [0.2, 0.25) is 0 Å². The van der Waals surface area contributed by atoms with Gasteiger partial charge in [0.15, 0.2) is 0 Å². The summed E-state index contributed by atoms with van der Waals surface area (Å²) in [6.45, 7) is 2.72. The molecule has 2 heterocycles. The van der Waals surface area contributed by atoms with Gasteiger partial charge in [-0.2, -0.15) is 0 Å². The van der Waals surface area contributed by atoms with E-state index in [1.54, 1.807) is 23.7 Å². The van der Waals surface area contributed by atoms with E-state index in [-0.39, 0.29) is 0 Å². The van der Waals surface area contributed by atoms with E-state index in [0.717, 1.165) is 22.9 Å². The monoisotopic (exact) mass is 206 g/mol. The average molecular weight is 206 g/mol. The molecule has 72 valence electrons. The van der Waals surface area contributed by atoms with Crippen molar-refractivity contribution < 1.29 is 0 Å². The molecule has 0 saturated carbocycles. The summed E-state index contributed by atoms with van der Waals surface area (Å²) in [6, 6.07) is 0. The van der Waals surface area contributed by atoms with Gasteiger partial charge < -0.3 is 5.32 Å². The maximum Gasteiger partial charge on any atom is 0.115 e. The highest BCUT2D eigenvalue weighted by molar-refractivity contribution is 7.09. The Kier molecular flexibility index (Phi) is 2.69. The van der Waals surface area contributed by atoms with Crippen molar-refractivity contribution in [1.29, 1.82) is 0 Å². The van der Waals surface area contributed by atoms with Crippen LogP contribution in [0.1, 0.15) is 10.7 Å². The van der Waals surface area contributed by atoms with Crippen LogP contribution in [0.5, 0.6) is 0 Å². The first-order valence-corrected chi connectivity index (χ1v) is 5.12. The van der Waals surface area contributed by atoms with Crippen molar-refractivity contribution in [2.45, 2.75) is 13.5 Å². The molecule has 0 aliphatic carbocycles. The normalized spacial score (nSPS) is 10.1. The molecule has 0 fully saturated rings. The molecule has 5 heteroatoms. The summed E-state index contributed by atoms with van der Waals surface area (Å²) in [5.41, 5.74) is 1.98. The van der Waals surface area contributed by atoms with E-state index in [1.807, 2.05) is 12.3 Å². The SMILES string of the molecule is Cc1csc(CNc2cncnc2)n1. The number of aromatic nitrogens is 3. The molecule has 0 aromatic carbocycles. The molecule has 0 atom stereocenters. The number of nitrogens with one attached hydrogen (secondary N) is 1. The largest absolute Gasteiger partial charge is 0.376 e. The molecule has 4 nitrogen and oxygen atoms in total. The minimum absolute atomic E-state index is 0.728. The summed E-state index contributed by atoms with van der Waals surface area (Å²) in [6.07, 6.45) is 5.00. The summed E-state index contributed by atoms with van der Waals surface area (Å²) in [5.74, 6) is 0. The van der Waals surface area contributed by atoms with E-state index >= 15 is 0 Å². The van der Waals surface area contributed by atoms with Crippen LogP contribution < -0.4 is 5.32 Å². The van der Waals surface area contributed by atoms with Crippen molar-refractivity contribution in [3.63, 3.8) is 0 Å². The van der Waals surface area contributed by atoms with Crippen LogP contribution in [0.15, 0.2) is 24.1 Å². The summed E-state index contributed by atoms with van der Waals surface area (Å²) < 4.78 is 0. The van der Waals surface area contributed by atoms with E-state index in [9.17, 15) is 0 Å². The molecule has 2 aromatic rings. The third-order valence-electron chi connectivity index (χ3n) is 1.67. The lowest BCUT2D eigenvalue weighted by Crippen LogP contribution is -1.99. The summed E-state index contributed by atoms with van der Waals surface area (Å²) in [7, 11) is 0. The number of hydrogen-bond donors (Lipinski definition) is 1. The maximum absolute atomic E-state index is 4.34. The van der Waals surface area contributed by atoms with Crippen molar-refractivity contribution in [1.82, 2.24) is 15.0 Å². The fourth-order valence-electron chi connectivity index (χ4n) is 1.05. The van der Waals surface area contributed by atoms with Crippen molar-refractivity contribution >= 4 is 17.0 Å². The molecule has 0 saturated heterocycles. The van der Waals surface area contributed by atoms with Crippen molar-refractivity contribution in [2.75, 3.05) is 5.32 Å². The Hall–Kier alpha value is -1.49. The number of nitrogens with zero attached hydrogens (tertiary/aromatic N) is 3. The van der Waals surface area contributed by atoms with Crippen LogP contribution in [-0.2, 0) is 6.54 Å². The van der Waals surface area contributed by atoms with Gasteiger partial charge in [-0.15, -0.1) is 11.3 Å². The molecule has 0 spiro atoms. The van der Waals surface area contributed by atoms with E-state index in [1.165, 1.54) is 6.33 Å². The molecule has 2 aromatic heterocycles. The maximum atomic E-state index is 4.34. The summed E-state index contributed by atoms with van der Waals surface area (Å²) >= 11 is 1.65. The van der Waals surface area contributed by atoms with Crippen LogP contribution in [0, 0.1) is 6.92 Å². The summed E-state index contributed by atoms with van der Waals surface area (Å²) in [5, 5.41) is 6.31. The van der Waals surface area contributed by atoms with Gasteiger partial charge in [-0.3, -0.25) is 0 Å². The Morgan fingerprint density at radius 3 is 2.79 bits per heavy atom. The van der Waals surface area contributed by atoms with Crippen molar-refractivity contribution in [3.05, 3.63) is 34.8 Å². The minimum Gasteiger partial charge on any atom is -0.376 e. The number of thiazole rings is 1. The third kappa shape index (κ3) is 2.26. The molecule has 0 aliphatic heterocycles. The van der Waals surface area contributed by atoms with Crippen molar-refractivity contribution in [3.8, 4) is 0 Å². The average Bonchev–Trinajstić information content (AvgIpc) is 2.63. The Morgan fingerprint density at radius 2 is 2.14 bits per heavy atom. The lowest BCUT2D eigenvalue weighted by atomic mass is 10.5. The molecule has 0 aliphatic rings.